The Kier molecular flexibility index (Phi) is 8.39. The predicted octanol–water partition coefficient (Wildman–Crippen LogP) is -1.15. The Morgan fingerprint density at radius 1 is 1.15 bits per heavy atom. The molecule has 11 heteroatoms. The highest BCUT2D eigenvalue weighted by Crippen LogP contribution is 2.06. The van der Waals surface area contributed by atoms with Gasteiger partial charge in [0.2, 0.25) is 11.8 Å². The standard InChI is InChI=1S/C16H25N5O6/c1-8(2)3-12(16(26)27)21-15(25)11(5-13(22)23)20-14(24)10(17)4-9-6-18-7-19-9/h6-8,10-12H,3-5,17H2,1-2H3,(H,18,19)(H,20,24)(H,21,25)(H,22,23)(H,26,27). The molecule has 0 aromatic carbocycles. The van der Waals surface area contributed by atoms with E-state index < -0.39 is 48.3 Å². The maximum Gasteiger partial charge on any atom is 0.326 e. The number of carbonyl (C=O) groups excluding carboxylic acids is 2. The Hall–Kier alpha value is -2.95. The molecule has 0 spiro atoms. The summed E-state index contributed by atoms with van der Waals surface area (Å²) in [4.78, 5) is 53.4. The van der Waals surface area contributed by atoms with Gasteiger partial charge in [-0.05, 0) is 12.3 Å². The van der Waals surface area contributed by atoms with Gasteiger partial charge in [-0.2, -0.15) is 0 Å². The average molecular weight is 383 g/mol. The zero-order valence-electron chi connectivity index (χ0n) is 15.1. The number of aliphatic carboxylic acids is 2. The molecule has 0 aliphatic carbocycles. The van der Waals surface area contributed by atoms with Crippen molar-refractivity contribution in [3.05, 3.63) is 18.2 Å². The van der Waals surface area contributed by atoms with E-state index in [1.54, 1.807) is 13.8 Å². The average Bonchev–Trinajstić information content (AvgIpc) is 3.05. The quantitative estimate of drug-likeness (QED) is 0.276. The number of amides is 2. The fourth-order valence-electron chi connectivity index (χ4n) is 2.35. The summed E-state index contributed by atoms with van der Waals surface area (Å²) in [6, 6.07) is -3.68. The summed E-state index contributed by atoms with van der Waals surface area (Å²) >= 11 is 0. The van der Waals surface area contributed by atoms with Gasteiger partial charge >= 0.3 is 11.9 Å². The number of imidazole rings is 1. The van der Waals surface area contributed by atoms with Crippen molar-refractivity contribution in [1.29, 1.82) is 0 Å². The third kappa shape index (κ3) is 7.86. The van der Waals surface area contributed by atoms with Crippen LogP contribution in [0.5, 0.6) is 0 Å². The number of nitrogens with one attached hydrogen (secondary N) is 3. The Morgan fingerprint density at radius 3 is 2.26 bits per heavy atom. The topological polar surface area (TPSA) is 187 Å². The van der Waals surface area contributed by atoms with Gasteiger partial charge in [0.05, 0.1) is 18.8 Å². The minimum atomic E-state index is -1.45. The molecule has 0 radical (unpaired) electrons. The third-order valence-electron chi connectivity index (χ3n) is 3.66. The van der Waals surface area contributed by atoms with Gasteiger partial charge in [0.1, 0.15) is 12.1 Å². The van der Waals surface area contributed by atoms with E-state index in [4.69, 9.17) is 10.8 Å². The molecule has 1 aromatic heterocycles. The molecule has 0 fully saturated rings. The summed E-state index contributed by atoms with van der Waals surface area (Å²) in [6.07, 6.45) is 2.47. The van der Waals surface area contributed by atoms with E-state index >= 15 is 0 Å². The van der Waals surface area contributed by atoms with Crippen LogP contribution in [0.1, 0.15) is 32.4 Å². The smallest absolute Gasteiger partial charge is 0.326 e. The van der Waals surface area contributed by atoms with Crippen molar-refractivity contribution in [2.45, 2.75) is 51.2 Å². The highest BCUT2D eigenvalue weighted by atomic mass is 16.4. The summed E-state index contributed by atoms with van der Waals surface area (Å²) in [5, 5.41) is 22.7. The normalized spacial score (nSPS) is 14.2. The first-order chi connectivity index (χ1) is 12.6. The van der Waals surface area contributed by atoms with Gasteiger partial charge in [0, 0.05) is 18.3 Å². The molecule has 1 rings (SSSR count). The highest BCUT2D eigenvalue weighted by molar-refractivity contribution is 5.93. The molecule has 2 amide bonds. The zero-order chi connectivity index (χ0) is 20.6. The van der Waals surface area contributed by atoms with E-state index in [1.165, 1.54) is 12.5 Å². The molecule has 27 heavy (non-hydrogen) atoms. The second-order valence-electron chi connectivity index (χ2n) is 6.58. The van der Waals surface area contributed by atoms with Crippen LogP contribution < -0.4 is 16.4 Å². The molecule has 0 aliphatic heterocycles. The van der Waals surface area contributed by atoms with E-state index in [1.807, 2.05) is 0 Å². The number of rotatable bonds is 11. The number of aromatic amines is 1. The minimum Gasteiger partial charge on any atom is -0.481 e. The largest absolute Gasteiger partial charge is 0.481 e. The number of H-pyrrole nitrogens is 1. The predicted molar refractivity (Wildman–Crippen MR) is 93.5 cm³/mol. The number of carboxylic acid groups (broad SMARTS) is 2. The molecule has 0 aliphatic rings. The molecule has 150 valence electrons. The zero-order valence-corrected chi connectivity index (χ0v) is 15.1. The van der Waals surface area contributed by atoms with Crippen molar-refractivity contribution in [3.8, 4) is 0 Å². The van der Waals surface area contributed by atoms with Gasteiger partial charge in [-0.25, -0.2) is 9.78 Å². The summed E-state index contributed by atoms with van der Waals surface area (Å²) < 4.78 is 0. The van der Waals surface area contributed by atoms with Crippen molar-refractivity contribution in [3.63, 3.8) is 0 Å². The van der Waals surface area contributed by atoms with Gasteiger partial charge in [-0.1, -0.05) is 13.8 Å². The monoisotopic (exact) mass is 383 g/mol. The van der Waals surface area contributed by atoms with Crippen molar-refractivity contribution >= 4 is 23.8 Å². The molecule has 1 aromatic rings. The third-order valence-corrected chi connectivity index (χ3v) is 3.66. The molecule has 3 unspecified atom stereocenters. The van der Waals surface area contributed by atoms with Crippen LogP contribution in [-0.4, -0.2) is 62.1 Å². The fourth-order valence-corrected chi connectivity index (χ4v) is 2.35. The first-order valence-corrected chi connectivity index (χ1v) is 8.38. The molecule has 11 nitrogen and oxygen atoms in total. The van der Waals surface area contributed by atoms with Crippen LogP contribution in [0.3, 0.4) is 0 Å². The lowest BCUT2D eigenvalue weighted by molar-refractivity contribution is -0.143. The number of carboxylic acids is 2. The van der Waals surface area contributed by atoms with Crippen LogP contribution in [-0.2, 0) is 25.6 Å². The Balaban J connectivity index is 2.77. The molecule has 1 heterocycles. The first-order valence-electron chi connectivity index (χ1n) is 8.38. The molecular weight excluding hydrogens is 358 g/mol. The van der Waals surface area contributed by atoms with E-state index in [2.05, 4.69) is 20.6 Å². The highest BCUT2D eigenvalue weighted by Gasteiger charge is 2.30. The maximum absolute atomic E-state index is 12.3. The lowest BCUT2D eigenvalue weighted by Gasteiger charge is -2.22. The maximum atomic E-state index is 12.3. The van der Waals surface area contributed by atoms with Crippen LogP contribution in [0.2, 0.25) is 0 Å². The van der Waals surface area contributed by atoms with Gasteiger partial charge in [0.25, 0.3) is 0 Å². The van der Waals surface area contributed by atoms with Gasteiger partial charge in [-0.3, -0.25) is 14.4 Å². The van der Waals surface area contributed by atoms with E-state index in [0.717, 1.165) is 0 Å². The summed E-state index contributed by atoms with van der Waals surface area (Å²) in [5.74, 6) is -4.21. The summed E-state index contributed by atoms with van der Waals surface area (Å²) in [6.45, 7) is 3.57. The second-order valence-corrected chi connectivity index (χ2v) is 6.58. The van der Waals surface area contributed by atoms with Crippen LogP contribution >= 0.6 is 0 Å². The lowest BCUT2D eigenvalue weighted by atomic mass is 10.0. The van der Waals surface area contributed by atoms with E-state index in [-0.39, 0.29) is 18.8 Å². The van der Waals surface area contributed by atoms with Gasteiger partial charge in [-0.15, -0.1) is 0 Å². The Morgan fingerprint density at radius 2 is 1.78 bits per heavy atom. The van der Waals surface area contributed by atoms with Crippen molar-refractivity contribution in [2.75, 3.05) is 0 Å². The van der Waals surface area contributed by atoms with Crippen molar-refractivity contribution in [2.24, 2.45) is 11.7 Å². The molecule has 0 bridgehead atoms. The fraction of sp³-hybridized carbons (Fsp3) is 0.562. The number of carbonyl (C=O) groups is 4. The first kappa shape index (κ1) is 22.1. The number of hydrogen-bond donors (Lipinski definition) is 6. The molecule has 0 saturated heterocycles. The summed E-state index contributed by atoms with van der Waals surface area (Å²) in [7, 11) is 0. The number of hydrogen-bond acceptors (Lipinski definition) is 6. The second kappa shape index (κ2) is 10.3. The Labute approximate surface area is 155 Å². The van der Waals surface area contributed by atoms with Crippen LogP contribution in [0.25, 0.3) is 0 Å². The van der Waals surface area contributed by atoms with Gasteiger partial charge in [0.15, 0.2) is 0 Å². The SMILES string of the molecule is CC(C)CC(NC(=O)C(CC(=O)O)NC(=O)C(N)Cc1cnc[nH]1)C(=O)O. The molecule has 7 N–H and O–H groups in total. The van der Waals surface area contributed by atoms with Crippen LogP contribution in [0, 0.1) is 5.92 Å². The van der Waals surface area contributed by atoms with E-state index in [9.17, 15) is 24.3 Å². The number of nitrogens with two attached hydrogens (primary N) is 1. The van der Waals surface area contributed by atoms with Crippen LogP contribution in [0.15, 0.2) is 12.5 Å². The Bertz CT molecular complexity index is 660. The molecule has 3 atom stereocenters. The van der Waals surface area contributed by atoms with E-state index in [0.29, 0.717) is 5.69 Å². The lowest BCUT2D eigenvalue weighted by Crippen LogP contribution is -2.55. The van der Waals surface area contributed by atoms with Crippen molar-refractivity contribution < 1.29 is 29.4 Å². The summed E-state index contributed by atoms with van der Waals surface area (Å²) in [5.41, 5.74) is 6.37. The van der Waals surface area contributed by atoms with Crippen molar-refractivity contribution in [1.82, 2.24) is 20.6 Å². The van der Waals surface area contributed by atoms with Crippen LogP contribution in [0.4, 0.5) is 0 Å². The number of nitrogens with zero attached hydrogens (tertiary/aromatic N) is 1. The molecule has 0 saturated carbocycles. The van der Waals surface area contributed by atoms with Gasteiger partial charge < -0.3 is 31.6 Å². The minimum absolute atomic E-state index is 0.0123. The molecular formula is C16H25N5O6. The number of aromatic nitrogens is 2.